The highest BCUT2D eigenvalue weighted by Crippen LogP contribution is 2.24. The number of nitrogens with zero attached hydrogens (tertiary/aromatic N) is 1. The zero-order valence-corrected chi connectivity index (χ0v) is 16.4. The minimum absolute atomic E-state index is 0.0267. The molecular formula is C22H20F2N2O4. The predicted molar refractivity (Wildman–Crippen MR) is 108 cm³/mol. The molecule has 0 aliphatic rings. The molecule has 0 bridgehead atoms. The normalized spacial score (nSPS) is 10.8. The lowest BCUT2D eigenvalue weighted by Crippen LogP contribution is -2.21. The highest BCUT2D eigenvalue weighted by Gasteiger charge is 2.19. The predicted octanol–water partition coefficient (Wildman–Crippen LogP) is 4.50. The van der Waals surface area contributed by atoms with Crippen LogP contribution in [0.4, 0.5) is 14.5 Å². The summed E-state index contributed by atoms with van der Waals surface area (Å²) in [5.41, 5.74) is 2.94. The molecular weight excluding hydrogens is 394 g/mol. The number of anilines is 1. The van der Waals surface area contributed by atoms with Crippen LogP contribution < -0.4 is 10.1 Å². The number of carbonyl (C=O) groups is 2. The lowest BCUT2D eigenvalue weighted by molar-refractivity contribution is -0.119. The van der Waals surface area contributed by atoms with Crippen LogP contribution in [-0.4, -0.2) is 30.1 Å². The van der Waals surface area contributed by atoms with Gasteiger partial charge in [-0.1, -0.05) is 25.1 Å². The molecule has 0 aliphatic heterocycles. The van der Waals surface area contributed by atoms with Crippen molar-refractivity contribution in [3.05, 3.63) is 65.4 Å². The van der Waals surface area contributed by atoms with Gasteiger partial charge in [-0.05, 0) is 49.2 Å². The number of benzene rings is 2. The third-order valence-electron chi connectivity index (χ3n) is 4.47. The zero-order valence-electron chi connectivity index (χ0n) is 16.4. The molecule has 0 radical (unpaired) electrons. The molecule has 0 spiro atoms. The van der Waals surface area contributed by atoms with Crippen molar-refractivity contribution < 1.29 is 27.8 Å². The number of esters is 1. The fourth-order valence-electron chi connectivity index (χ4n) is 3.09. The number of ether oxygens (including phenoxy) is 2. The summed E-state index contributed by atoms with van der Waals surface area (Å²) in [6, 6.07) is 12.7. The van der Waals surface area contributed by atoms with Crippen LogP contribution >= 0.6 is 0 Å². The molecule has 3 rings (SSSR count). The third kappa shape index (κ3) is 4.89. The number of nitrogens with one attached hydrogen (secondary N) is 1. The Morgan fingerprint density at radius 3 is 2.47 bits per heavy atom. The molecule has 0 atom stereocenters. The van der Waals surface area contributed by atoms with E-state index in [0.717, 1.165) is 11.3 Å². The SMILES string of the molecule is CCc1nc2ccccc2c(C(=O)OCC(=O)Nc2ccc(OC(F)F)cc2)c1C. The van der Waals surface area contributed by atoms with Gasteiger partial charge in [-0.2, -0.15) is 8.78 Å². The van der Waals surface area contributed by atoms with Crippen molar-refractivity contribution in [1.82, 2.24) is 4.98 Å². The van der Waals surface area contributed by atoms with Crippen LogP contribution in [0.15, 0.2) is 48.5 Å². The monoisotopic (exact) mass is 414 g/mol. The Kier molecular flexibility index (Phi) is 6.56. The quantitative estimate of drug-likeness (QED) is 0.576. The van der Waals surface area contributed by atoms with E-state index in [9.17, 15) is 18.4 Å². The highest BCUT2D eigenvalue weighted by molar-refractivity contribution is 6.05. The number of hydrogen-bond donors (Lipinski definition) is 1. The van der Waals surface area contributed by atoms with Crippen LogP contribution in [0.2, 0.25) is 0 Å². The van der Waals surface area contributed by atoms with Gasteiger partial charge in [0.15, 0.2) is 6.61 Å². The first-order valence-electron chi connectivity index (χ1n) is 9.29. The van der Waals surface area contributed by atoms with Crippen LogP contribution in [0.25, 0.3) is 10.9 Å². The summed E-state index contributed by atoms with van der Waals surface area (Å²) in [4.78, 5) is 29.4. The molecule has 0 aliphatic carbocycles. The number of aryl methyl sites for hydroxylation is 1. The number of aromatic nitrogens is 1. The average molecular weight is 414 g/mol. The third-order valence-corrected chi connectivity index (χ3v) is 4.47. The van der Waals surface area contributed by atoms with Gasteiger partial charge < -0.3 is 14.8 Å². The van der Waals surface area contributed by atoms with Gasteiger partial charge in [-0.25, -0.2) is 4.79 Å². The fraction of sp³-hybridized carbons (Fsp3) is 0.227. The Morgan fingerprint density at radius 2 is 1.80 bits per heavy atom. The highest BCUT2D eigenvalue weighted by atomic mass is 19.3. The Morgan fingerprint density at radius 1 is 1.10 bits per heavy atom. The maximum atomic E-state index is 12.7. The molecule has 0 saturated carbocycles. The molecule has 3 aromatic rings. The Hall–Kier alpha value is -3.55. The molecule has 8 heteroatoms. The van der Waals surface area contributed by atoms with Gasteiger partial charge in [-0.3, -0.25) is 9.78 Å². The summed E-state index contributed by atoms with van der Waals surface area (Å²) >= 11 is 0. The first kappa shape index (κ1) is 21.2. The number of amides is 1. The molecule has 1 amide bonds. The molecule has 0 fully saturated rings. The lowest BCUT2D eigenvalue weighted by atomic mass is 10.0. The molecule has 1 aromatic heterocycles. The summed E-state index contributed by atoms with van der Waals surface area (Å²) in [5.74, 6) is -1.20. The van der Waals surface area contributed by atoms with Crippen LogP contribution in [0.5, 0.6) is 5.75 Å². The number of halogens is 2. The number of para-hydroxylation sites is 1. The van der Waals surface area contributed by atoms with Crippen molar-refractivity contribution >= 4 is 28.5 Å². The molecule has 1 heterocycles. The van der Waals surface area contributed by atoms with E-state index in [-0.39, 0.29) is 5.75 Å². The zero-order chi connectivity index (χ0) is 21.7. The second-order valence-electron chi connectivity index (χ2n) is 6.46. The largest absolute Gasteiger partial charge is 0.452 e. The van der Waals surface area contributed by atoms with Crippen molar-refractivity contribution in [2.24, 2.45) is 0 Å². The van der Waals surface area contributed by atoms with Crippen molar-refractivity contribution in [3.8, 4) is 5.75 Å². The van der Waals surface area contributed by atoms with Gasteiger partial charge in [0, 0.05) is 16.8 Å². The minimum atomic E-state index is -2.93. The molecule has 0 unspecified atom stereocenters. The Bertz CT molecular complexity index is 1070. The topological polar surface area (TPSA) is 77.5 Å². The van der Waals surface area contributed by atoms with Crippen LogP contribution in [0.1, 0.15) is 28.5 Å². The van der Waals surface area contributed by atoms with E-state index in [1.165, 1.54) is 24.3 Å². The van der Waals surface area contributed by atoms with Gasteiger partial charge in [-0.15, -0.1) is 0 Å². The van der Waals surface area contributed by atoms with Gasteiger partial charge in [0.1, 0.15) is 5.75 Å². The van der Waals surface area contributed by atoms with E-state index in [4.69, 9.17) is 4.74 Å². The number of hydrogen-bond acceptors (Lipinski definition) is 5. The summed E-state index contributed by atoms with van der Waals surface area (Å²) in [5, 5.41) is 3.19. The molecule has 30 heavy (non-hydrogen) atoms. The van der Waals surface area contributed by atoms with Gasteiger partial charge in [0.25, 0.3) is 5.91 Å². The van der Waals surface area contributed by atoms with E-state index in [2.05, 4.69) is 15.0 Å². The van der Waals surface area contributed by atoms with Gasteiger partial charge in [0.2, 0.25) is 0 Å². The Balaban J connectivity index is 1.68. The molecule has 156 valence electrons. The van der Waals surface area contributed by atoms with E-state index in [0.29, 0.717) is 28.6 Å². The number of rotatable bonds is 7. The average Bonchev–Trinajstić information content (AvgIpc) is 2.72. The summed E-state index contributed by atoms with van der Waals surface area (Å²) in [6.07, 6.45) is 0.655. The van der Waals surface area contributed by atoms with E-state index in [1.807, 2.05) is 19.1 Å². The molecule has 0 saturated heterocycles. The van der Waals surface area contributed by atoms with Crippen molar-refractivity contribution in [1.29, 1.82) is 0 Å². The summed E-state index contributed by atoms with van der Waals surface area (Å²) < 4.78 is 33.8. The van der Waals surface area contributed by atoms with Crippen LogP contribution in [-0.2, 0) is 16.0 Å². The fourth-order valence-corrected chi connectivity index (χ4v) is 3.09. The molecule has 2 aromatic carbocycles. The standard InChI is InChI=1S/C22H20F2N2O4/c1-3-17-13(2)20(16-6-4-5-7-18(16)26-17)21(28)29-12-19(27)25-14-8-10-15(11-9-14)30-22(23)24/h4-11,22H,3,12H2,1-2H3,(H,25,27). The number of alkyl halides is 2. The first-order chi connectivity index (χ1) is 14.4. The minimum Gasteiger partial charge on any atom is -0.452 e. The van der Waals surface area contributed by atoms with E-state index < -0.39 is 25.1 Å². The number of fused-ring (bicyclic) bond motifs is 1. The maximum Gasteiger partial charge on any atom is 0.387 e. The van der Waals surface area contributed by atoms with Crippen molar-refractivity contribution in [2.45, 2.75) is 26.9 Å². The second kappa shape index (κ2) is 9.30. The van der Waals surface area contributed by atoms with Crippen LogP contribution in [0.3, 0.4) is 0 Å². The van der Waals surface area contributed by atoms with Crippen LogP contribution in [0, 0.1) is 6.92 Å². The molecule has 1 N–H and O–H groups in total. The van der Waals surface area contributed by atoms with Crippen molar-refractivity contribution in [2.75, 3.05) is 11.9 Å². The van der Waals surface area contributed by atoms with Crippen molar-refractivity contribution in [3.63, 3.8) is 0 Å². The van der Waals surface area contributed by atoms with E-state index >= 15 is 0 Å². The number of carbonyl (C=O) groups excluding carboxylic acids is 2. The van der Waals surface area contributed by atoms with E-state index in [1.54, 1.807) is 19.1 Å². The number of pyridine rings is 1. The second-order valence-corrected chi connectivity index (χ2v) is 6.46. The molecule has 6 nitrogen and oxygen atoms in total. The maximum absolute atomic E-state index is 12.7. The smallest absolute Gasteiger partial charge is 0.387 e. The van der Waals surface area contributed by atoms with Gasteiger partial charge >= 0.3 is 12.6 Å². The van der Waals surface area contributed by atoms with Gasteiger partial charge in [0.05, 0.1) is 11.1 Å². The summed E-state index contributed by atoms with van der Waals surface area (Å²) in [6.45, 7) is 0.333. The first-order valence-corrected chi connectivity index (χ1v) is 9.29. The lowest BCUT2D eigenvalue weighted by Gasteiger charge is -2.13. The summed E-state index contributed by atoms with van der Waals surface area (Å²) in [7, 11) is 0. The Labute approximate surface area is 171 Å².